The zero-order chi connectivity index (χ0) is 25.7. The Bertz CT molecular complexity index is 1520. The van der Waals surface area contributed by atoms with Crippen LogP contribution in [0.15, 0.2) is 102 Å². The normalized spacial score (nSPS) is 11.1. The lowest BCUT2D eigenvalue weighted by Gasteiger charge is -2.13. The Kier molecular flexibility index (Phi) is 7.21. The fourth-order valence-corrected chi connectivity index (χ4v) is 4.55. The third-order valence-corrected chi connectivity index (χ3v) is 6.62. The van der Waals surface area contributed by atoms with Gasteiger partial charge in [0.15, 0.2) is 12.4 Å². The molecule has 6 nitrogen and oxygen atoms in total. The molecule has 1 N–H and O–H groups in total. The summed E-state index contributed by atoms with van der Waals surface area (Å²) in [6.07, 6.45) is 0. The molecule has 4 rings (SSSR count). The summed E-state index contributed by atoms with van der Waals surface area (Å²) in [5.74, 6) is -3.63. The number of carbonyl (C=O) groups excluding carboxylic acids is 2. The van der Waals surface area contributed by atoms with E-state index in [1.54, 1.807) is 24.3 Å². The van der Waals surface area contributed by atoms with E-state index in [9.17, 15) is 26.8 Å². The monoisotopic (exact) mass is 507 g/mol. The van der Waals surface area contributed by atoms with Crippen molar-refractivity contribution in [1.82, 2.24) is 0 Å². The average Bonchev–Trinajstić information content (AvgIpc) is 2.87. The number of ketones is 1. The first-order valence-corrected chi connectivity index (χ1v) is 12.2. The number of sulfonamides is 1. The molecule has 0 saturated heterocycles. The summed E-state index contributed by atoms with van der Waals surface area (Å²) in [5, 5.41) is 0. The molecule has 4 aromatic rings. The second-order valence-corrected chi connectivity index (χ2v) is 9.32. The molecule has 4 aromatic carbocycles. The topological polar surface area (TPSA) is 89.5 Å². The average molecular weight is 508 g/mol. The molecule has 0 unspecified atom stereocenters. The Balaban J connectivity index is 1.45. The third kappa shape index (κ3) is 5.64. The molecule has 0 spiro atoms. The van der Waals surface area contributed by atoms with Gasteiger partial charge in [0, 0.05) is 11.6 Å². The van der Waals surface area contributed by atoms with Crippen LogP contribution in [0, 0.1) is 11.6 Å². The molecule has 0 aliphatic carbocycles. The number of ether oxygens (including phenoxy) is 1. The van der Waals surface area contributed by atoms with Crippen LogP contribution in [0.1, 0.15) is 20.7 Å². The van der Waals surface area contributed by atoms with E-state index in [2.05, 4.69) is 4.72 Å². The number of anilines is 1. The van der Waals surface area contributed by atoms with Gasteiger partial charge >= 0.3 is 5.97 Å². The SMILES string of the molecule is O=C(COC(=O)c1ccccc1NS(=O)(=O)c1ccc(F)cc1F)c1ccc(-c2ccccc2)cc1. The fourth-order valence-electron chi connectivity index (χ4n) is 3.41. The van der Waals surface area contributed by atoms with Crippen molar-refractivity contribution < 1.29 is 31.5 Å². The molecule has 0 aliphatic heterocycles. The van der Waals surface area contributed by atoms with Gasteiger partial charge in [-0.3, -0.25) is 9.52 Å². The van der Waals surface area contributed by atoms with Crippen LogP contribution in [0.3, 0.4) is 0 Å². The second kappa shape index (κ2) is 10.5. The molecular formula is C27H19F2NO5S. The van der Waals surface area contributed by atoms with Crippen LogP contribution in [0.4, 0.5) is 14.5 Å². The van der Waals surface area contributed by atoms with Crippen molar-refractivity contribution in [1.29, 1.82) is 0 Å². The minimum absolute atomic E-state index is 0.184. The minimum atomic E-state index is -4.48. The van der Waals surface area contributed by atoms with E-state index in [0.717, 1.165) is 23.3 Å². The molecular weight excluding hydrogens is 488 g/mol. The van der Waals surface area contributed by atoms with Gasteiger partial charge in [0.2, 0.25) is 0 Å². The van der Waals surface area contributed by atoms with Gasteiger partial charge in [-0.05, 0) is 35.4 Å². The predicted octanol–water partition coefficient (Wildman–Crippen LogP) is 5.47. The van der Waals surface area contributed by atoms with Gasteiger partial charge in [-0.1, -0.05) is 66.7 Å². The third-order valence-electron chi connectivity index (χ3n) is 5.22. The molecule has 0 heterocycles. The van der Waals surface area contributed by atoms with E-state index >= 15 is 0 Å². The molecule has 9 heteroatoms. The fraction of sp³-hybridized carbons (Fsp3) is 0.0370. The van der Waals surface area contributed by atoms with Gasteiger partial charge in [-0.2, -0.15) is 0 Å². The Hall–Kier alpha value is -4.37. The number of esters is 1. The molecule has 0 aromatic heterocycles. The number of halogens is 2. The van der Waals surface area contributed by atoms with Crippen molar-refractivity contribution in [2.45, 2.75) is 4.90 Å². The van der Waals surface area contributed by atoms with Crippen LogP contribution in [0.5, 0.6) is 0 Å². The first-order chi connectivity index (χ1) is 17.2. The Morgan fingerprint density at radius 3 is 2.11 bits per heavy atom. The van der Waals surface area contributed by atoms with Crippen LogP contribution in [0.2, 0.25) is 0 Å². The van der Waals surface area contributed by atoms with E-state index in [1.165, 1.54) is 24.3 Å². The zero-order valence-electron chi connectivity index (χ0n) is 18.7. The predicted molar refractivity (Wildman–Crippen MR) is 130 cm³/mol. The maximum atomic E-state index is 14.0. The van der Waals surface area contributed by atoms with Crippen molar-refractivity contribution in [2.75, 3.05) is 11.3 Å². The molecule has 0 amide bonds. The van der Waals surface area contributed by atoms with Gasteiger partial charge in [0.25, 0.3) is 10.0 Å². The molecule has 0 saturated carbocycles. The number of benzene rings is 4. The van der Waals surface area contributed by atoms with Crippen molar-refractivity contribution in [3.05, 3.63) is 120 Å². The summed E-state index contributed by atoms with van der Waals surface area (Å²) in [6.45, 7) is -0.572. The summed E-state index contributed by atoms with van der Waals surface area (Å²) in [6, 6.07) is 23.9. The number of carbonyl (C=O) groups is 2. The van der Waals surface area contributed by atoms with Crippen LogP contribution >= 0.6 is 0 Å². The van der Waals surface area contributed by atoms with Gasteiger partial charge in [-0.15, -0.1) is 0 Å². The molecule has 182 valence electrons. The molecule has 36 heavy (non-hydrogen) atoms. The van der Waals surface area contributed by atoms with Crippen molar-refractivity contribution in [3.8, 4) is 11.1 Å². The van der Waals surface area contributed by atoms with Gasteiger partial charge in [-0.25, -0.2) is 22.0 Å². The lowest BCUT2D eigenvalue weighted by atomic mass is 10.0. The van der Waals surface area contributed by atoms with Crippen LogP contribution in [-0.4, -0.2) is 26.8 Å². The molecule has 0 bridgehead atoms. The highest BCUT2D eigenvalue weighted by molar-refractivity contribution is 7.92. The molecule has 0 aliphatic rings. The highest BCUT2D eigenvalue weighted by Crippen LogP contribution is 2.23. The highest BCUT2D eigenvalue weighted by atomic mass is 32.2. The summed E-state index contributed by atoms with van der Waals surface area (Å²) in [5.41, 5.74) is 1.87. The van der Waals surface area contributed by atoms with Gasteiger partial charge in [0.05, 0.1) is 11.3 Å². The summed E-state index contributed by atoms with van der Waals surface area (Å²) in [4.78, 5) is 24.4. The van der Waals surface area contributed by atoms with Crippen molar-refractivity contribution >= 4 is 27.5 Å². The minimum Gasteiger partial charge on any atom is -0.454 e. The van der Waals surface area contributed by atoms with Crippen LogP contribution in [0.25, 0.3) is 11.1 Å². The first-order valence-electron chi connectivity index (χ1n) is 10.7. The number of hydrogen-bond acceptors (Lipinski definition) is 5. The number of nitrogens with one attached hydrogen (secondary N) is 1. The van der Waals surface area contributed by atoms with E-state index in [0.29, 0.717) is 11.6 Å². The van der Waals surface area contributed by atoms with E-state index < -0.39 is 44.9 Å². The molecule has 0 atom stereocenters. The standard InChI is InChI=1S/C27H19F2NO5S/c28-21-14-15-26(23(29)16-21)36(33,34)30-24-9-5-4-8-22(24)27(32)35-17-25(31)20-12-10-19(11-13-20)18-6-2-1-3-7-18/h1-16,30H,17H2. The maximum Gasteiger partial charge on any atom is 0.340 e. The Labute approximate surface area is 206 Å². The highest BCUT2D eigenvalue weighted by Gasteiger charge is 2.23. The van der Waals surface area contributed by atoms with Gasteiger partial charge < -0.3 is 4.74 Å². The smallest absolute Gasteiger partial charge is 0.340 e. The van der Waals surface area contributed by atoms with Crippen molar-refractivity contribution in [3.63, 3.8) is 0 Å². The summed E-state index contributed by atoms with van der Waals surface area (Å²) >= 11 is 0. The van der Waals surface area contributed by atoms with Gasteiger partial charge in [0.1, 0.15) is 16.5 Å². The largest absolute Gasteiger partial charge is 0.454 e. The number of rotatable bonds is 8. The molecule has 0 radical (unpaired) electrons. The maximum absolute atomic E-state index is 14.0. The first kappa shape index (κ1) is 24.7. The zero-order valence-corrected chi connectivity index (χ0v) is 19.5. The Morgan fingerprint density at radius 2 is 1.42 bits per heavy atom. The lowest BCUT2D eigenvalue weighted by Crippen LogP contribution is -2.19. The van der Waals surface area contributed by atoms with E-state index in [-0.39, 0.29) is 11.3 Å². The van der Waals surface area contributed by atoms with Crippen LogP contribution < -0.4 is 4.72 Å². The van der Waals surface area contributed by atoms with E-state index in [4.69, 9.17) is 4.74 Å². The summed E-state index contributed by atoms with van der Waals surface area (Å²) < 4.78 is 59.6. The quantitative estimate of drug-likeness (QED) is 0.252. The Morgan fingerprint density at radius 1 is 0.778 bits per heavy atom. The number of para-hydroxylation sites is 1. The lowest BCUT2D eigenvalue weighted by molar-refractivity contribution is 0.0476. The summed E-state index contributed by atoms with van der Waals surface area (Å²) in [7, 11) is -4.48. The number of Topliss-reactive ketones (excluding diaryl/α,β-unsaturated/α-hetero) is 1. The number of hydrogen-bond donors (Lipinski definition) is 1. The second-order valence-electron chi connectivity index (χ2n) is 7.67. The van der Waals surface area contributed by atoms with E-state index in [1.807, 2.05) is 30.3 Å². The molecule has 0 fully saturated rings. The van der Waals surface area contributed by atoms with Crippen molar-refractivity contribution in [2.24, 2.45) is 0 Å². The van der Waals surface area contributed by atoms with Crippen LogP contribution in [-0.2, 0) is 14.8 Å².